The lowest BCUT2D eigenvalue weighted by Crippen LogP contribution is -1.79. The van der Waals surface area contributed by atoms with Crippen LogP contribution in [0, 0.1) is 6.92 Å². The molecule has 0 bridgehead atoms. The van der Waals surface area contributed by atoms with E-state index in [0.717, 1.165) is 12.1 Å². The van der Waals surface area contributed by atoms with Crippen molar-refractivity contribution < 1.29 is 0 Å². The van der Waals surface area contributed by atoms with Gasteiger partial charge < -0.3 is 0 Å². The third-order valence-corrected chi connectivity index (χ3v) is 2.28. The number of aliphatic imine (C=N–C) groups is 1. The van der Waals surface area contributed by atoms with Crippen LogP contribution in [0.15, 0.2) is 40.9 Å². The molecule has 0 saturated carbocycles. The molecule has 0 spiro atoms. The number of hydrogen-bond acceptors (Lipinski definition) is 1. The van der Waals surface area contributed by atoms with Crippen LogP contribution in [0.3, 0.4) is 0 Å². The molecule has 0 aliphatic carbocycles. The number of rotatable bonds is 4. The molecule has 1 heteroatoms. The van der Waals surface area contributed by atoms with Gasteiger partial charge in [0.05, 0.1) is 5.69 Å². The van der Waals surface area contributed by atoms with Crippen LogP contribution in [0.25, 0.3) is 0 Å². The van der Waals surface area contributed by atoms with Crippen LogP contribution in [0.4, 0.5) is 5.69 Å². The Hall–Kier alpha value is -1.37. The molecule has 0 unspecified atom stereocenters. The van der Waals surface area contributed by atoms with Crippen molar-refractivity contribution >= 4 is 11.9 Å². The molecule has 1 nitrogen and oxygen atoms in total. The average Bonchev–Trinajstić information content (AvgIpc) is 2.25. The van der Waals surface area contributed by atoms with Crippen molar-refractivity contribution in [3.05, 3.63) is 41.5 Å². The summed E-state index contributed by atoms with van der Waals surface area (Å²) in [5.74, 6) is 0. The van der Waals surface area contributed by atoms with E-state index in [2.05, 4.69) is 37.9 Å². The zero-order chi connectivity index (χ0) is 11.1. The van der Waals surface area contributed by atoms with E-state index in [1.54, 1.807) is 0 Å². The van der Waals surface area contributed by atoms with Crippen LogP contribution in [0.2, 0.25) is 0 Å². The summed E-state index contributed by atoms with van der Waals surface area (Å²) in [7, 11) is 0. The second-order valence-electron chi connectivity index (χ2n) is 3.78. The third-order valence-electron chi connectivity index (χ3n) is 2.28. The second kappa shape index (κ2) is 6.18. The van der Waals surface area contributed by atoms with E-state index in [1.165, 1.54) is 17.6 Å². The lowest BCUT2D eigenvalue weighted by Gasteiger charge is -1.98. The highest BCUT2D eigenvalue weighted by Crippen LogP contribution is 2.16. The number of benzene rings is 1. The van der Waals surface area contributed by atoms with Crippen molar-refractivity contribution in [1.82, 2.24) is 0 Å². The highest BCUT2D eigenvalue weighted by molar-refractivity contribution is 5.80. The van der Waals surface area contributed by atoms with Gasteiger partial charge in [-0.2, -0.15) is 0 Å². The molecule has 1 aromatic carbocycles. The Balaban J connectivity index is 2.69. The van der Waals surface area contributed by atoms with Crippen molar-refractivity contribution in [2.24, 2.45) is 4.99 Å². The molecule has 80 valence electrons. The fourth-order valence-corrected chi connectivity index (χ4v) is 1.30. The van der Waals surface area contributed by atoms with Gasteiger partial charge in [0.15, 0.2) is 0 Å². The van der Waals surface area contributed by atoms with Crippen LogP contribution >= 0.6 is 0 Å². The normalized spacial score (nSPS) is 12.3. The number of para-hydroxylation sites is 1. The summed E-state index contributed by atoms with van der Waals surface area (Å²) in [6.45, 7) is 6.36. The van der Waals surface area contributed by atoms with Gasteiger partial charge in [-0.3, -0.25) is 4.99 Å². The first-order chi connectivity index (χ1) is 7.24. The quantitative estimate of drug-likeness (QED) is 0.638. The number of unbranched alkanes of at least 4 members (excludes halogenated alkanes) is 1. The molecule has 0 amide bonds. The van der Waals surface area contributed by atoms with E-state index in [0.29, 0.717) is 0 Å². The molecule has 1 aromatic rings. The fourth-order valence-electron chi connectivity index (χ4n) is 1.30. The van der Waals surface area contributed by atoms with E-state index in [1.807, 2.05) is 24.4 Å². The van der Waals surface area contributed by atoms with Gasteiger partial charge in [-0.05, 0) is 37.5 Å². The summed E-state index contributed by atoms with van der Waals surface area (Å²) in [6, 6.07) is 8.18. The Morgan fingerprint density at radius 3 is 2.73 bits per heavy atom. The van der Waals surface area contributed by atoms with Gasteiger partial charge in [-0.15, -0.1) is 0 Å². The fraction of sp³-hybridized carbons (Fsp3) is 0.357. The molecule has 0 aliphatic rings. The summed E-state index contributed by atoms with van der Waals surface area (Å²) in [5.41, 5.74) is 3.51. The second-order valence-corrected chi connectivity index (χ2v) is 3.78. The lowest BCUT2D eigenvalue weighted by atomic mass is 10.2. The monoisotopic (exact) mass is 201 g/mol. The molecule has 0 aromatic heterocycles. The van der Waals surface area contributed by atoms with Crippen LogP contribution in [0.1, 0.15) is 32.3 Å². The average molecular weight is 201 g/mol. The summed E-state index contributed by atoms with van der Waals surface area (Å²) in [5, 5.41) is 0. The highest BCUT2D eigenvalue weighted by atomic mass is 14.7. The maximum absolute atomic E-state index is 4.47. The Morgan fingerprint density at radius 1 is 1.33 bits per heavy atom. The predicted octanol–water partition coefficient (Wildman–Crippen LogP) is 4.44. The molecule has 0 N–H and O–H groups in total. The van der Waals surface area contributed by atoms with Crippen LogP contribution < -0.4 is 0 Å². The van der Waals surface area contributed by atoms with Crippen LogP contribution in [0.5, 0.6) is 0 Å². The van der Waals surface area contributed by atoms with E-state index in [4.69, 9.17) is 0 Å². The smallest absolute Gasteiger partial charge is 0.0658 e. The van der Waals surface area contributed by atoms with Crippen LogP contribution in [-0.4, -0.2) is 6.21 Å². The molecule has 1 rings (SSSR count). The largest absolute Gasteiger partial charge is 0.256 e. The highest BCUT2D eigenvalue weighted by Gasteiger charge is 1.91. The topological polar surface area (TPSA) is 12.4 Å². The van der Waals surface area contributed by atoms with Gasteiger partial charge in [-0.25, -0.2) is 0 Å². The zero-order valence-corrected chi connectivity index (χ0v) is 9.83. The zero-order valence-electron chi connectivity index (χ0n) is 9.83. The maximum atomic E-state index is 4.47. The van der Waals surface area contributed by atoms with Crippen molar-refractivity contribution in [2.75, 3.05) is 0 Å². The van der Waals surface area contributed by atoms with E-state index < -0.39 is 0 Å². The Labute approximate surface area is 92.6 Å². The minimum absolute atomic E-state index is 1.06. The number of nitrogens with zero attached hydrogens (tertiary/aromatic N) is 1. The summed E-state index contributed by atoms with van der Waals surface area (Å²) in [4.78, 5) is 4.47. The maximum Gasteiger partial charge on any atom is 0.0658 e. The van der Waals surface area contributed by atoms with Crippen molar-refractivity contribution in [1.29, 1.82) is 0 Å². The Kier molecular flexibility index (Phi) is 4.82. The minimum atomic E-state index is 1.06. The predicted molar refractivity (Wildman–Crippen MR) is 68.0 cm³/mol. The summed E-state index contributed by atoms with van der Waals surface area (Å²) < 4.78 is 0. The van der Waals surface area contributed by atoms with Crippen molar-refractivity contribution in [3.63, 3.8) is 0 Å². The summed E-state index contributed by atoms with van der Waals surface area (Å²) >= 11 is 0. The van der Waals surface area contributed by atoms with E-state index >= 15 is 0 Å². The molecule has 0 radical (unpaired) electrons. The number of hydrogen-bond donors (Lipinski definition) is 0. The molecule has 0 heterocycles. The standard InChI is InChI=1S/C14H19N/c1-4-5-8-12(2)11-15-14-10-7-6-9-13(14)3/h6-11H,4-5H2,1-3H3/b12-8+,15-11?. The van der Waals surface area contributed by atoms with Gasteiger partial charge in [-0.1, -0.05) is 37.6 Å². The molecule has 15 heavy (non-hydrogen) atoms. The summed E-state index contributed by atoms with van der Waals surface area (Å²) in [6.07, 6.45) is 6.49. The lowest BCUT2D eigenvalue weighted by molar-refractivity contribution is 0.954. The minimum Gasteiger partial charge on any atom is -0.256 e. The van der Waals surface area contributed by atoms with Crippen LogP contribution in [-0.2, 0) is 0 Å². The number of aryl methyl sites for hydroxylation is 1. The molecule has 0 saturated heterocycles. The van der Waals surface area contributed by atoms with Crippen molar-refractivity contribution in [2.45, 2.75) is 33.6 Å². The van der Waals surface area contributed by atoms with Gasteiger partial charge >= 0.3 is 0 Å². The number of allylic oxidation sites excluding steroid dienone is 2. The first-order valence-corrected chi connectivity index (χ1v) is 5.50. The molecule has 0 aliphatic heterocycles. The Bertz CT molecular complexity index is 361. The van der Waals surface area contributed by atoms with Gasteiger partial charge in [0.25, 0.3) is 0 Å². The first kappa shape index (κ1) is 11.7. The molecular formula is C14H19N. The molecule has 0 fully saturated rings. The van der Waals surface area contributed by atoms with Gasteiger partial charge in [0.1, 0.15) is 0 Å². The third kappa shape index (κ3) is 4.11. The SMILES string of the molecule is CCC/C=C(\C)C=Nc1ccccc1C. The Morgan fingerprint density at radius 2 is 2.07 bits per heavy atom. The van der Waals surface area contributed by atoms with E-state index in [9.17, 15) is 0 Å². The van der Waals surface area contributed by atoms with Crippen molar-refractivity contribution in [3.8, 4) is 0 Å². The first-order valence-electron chi connectivity index (χ1n) is 5.50. The molecular weight excluding hydrogens is 182 g/mol. The molecule has 0 atom stereocenters. The van der Waals surface area contributed by atoms with E-state index in [-0.39, 0.29) is 0 Å². The van der Waals surface area contributed by atoms with Gasteiger partial charge in [0, 0.05) is 6.21 Å². The van der Waals surface area contributed by atoms with Gasteiger partial charge in [0.2, 0.25) is 0 Å².